The Bertz CT molecular complexity index is 616. The van der Waals surface area contributed by atoms with Gasteiger partial charge in [0.05, 0.1) is 13.2 Å². The largest absolute Gasteiger partial charge is 0.377 e. The average molecular weight is 304 g/mol. The fraction of sp³-hybridized carbons (Fsp3) is 0.357. The first kappa shape index (κ1) is 14.0. The Labute approximate surface area is 126 Å². The van der Waals surface area contributed by atoms with E-state index in [0.717, 1.165) is 16.4 Å². The van der Waals surface area contributed by atoms with Crippen LogP contribution >= 0.6 is 11.3 Å². The van der Waals surface area contributed by atoms with Gasteiger partial charge in [-0.3, -0.25) is 4.98 Å². The zero-order chi connectivity index (χ0) is 14.7. The second kappa shape index (κ2) is 6.19. The predicted molar refractivity (Wildman–Crippen MR) is 80.4 cm³/mol. The fourth-order valence-corrected chi connectivity index (χ4v) is 3.10. The van der Waals surface area contributed by atoms with Crippen LogP contribution in [0.5, 0.6) is 0 Å². The number of thiazole rings is 1. The van der Waals surface area contributed by atoms with Crippen molar-refractivity contribution in [3.63, 3.8) is 0 Å². The van der Waals surface area contributed by atoms with E-state index in [1.165, 1.54) is 0 Å². The van der Waals surface area contributed by atoms with Crippen molar-refractivity contribution in [2.45, 2.75) is 13.0 Å². The lowest BCUT2D eigenvalue weighted by Gasteiger charge is -2.34. The molecule has 0 unspecified atom stereocenters. The Morgan fingerprint density at radius 1 is 1.48 bits per heavy atom. The lowest BCUT2D eigenvalue weighted by molar-refractivity contribution is 0.0147. The van der Waals surface area contributed by atoms with E-state index in [4.69, 9.17) is 4.74 Å². The third-order valence-electron chi connectivity index (χ3n) is 3.24. The number of carbonyl (C=O) groups excluding carboxylic acids is 1. The smallest absolute Gasteiger partial charge is 0.322 e. The van der Waals surface area contributed by atoms with E-state index < -0.39 is 0 Å². The summed E-state index contributed by atoms with van der Waals surface area (Å²) in [5.74, 6) is 0. The number of amides is 2. The highest BCUT2D eigenvalue weighted by atomic mass is 32.1. The van der Waals surface area contributed by atoms with Crippen LogP contribution in [0.2, 0.25) is 0 Å². The number of carbonyl (C=O) groups is 1. The number of ether oxygens (including phenoxy) is 1. The van der Waals surface area contributed by atoms with Gasteiger partial charge in [0.25, 0.3) is 0 Å². The van der Waals surface area contributed by atoms with Crippen molar-refractivity contribution in [1.82, 2.24) is 14.9 Å². The second-order valence-electron chi connectivity index (χ2n) is 4.78. The Morgan fingerprint density at radius 2 is 2.29 bits per heavy atom. The summed E-state index contributed by atoms with van der Waals surface area (Å²) in [6, 6.07) is 3.27. The van der Waals surface area contributed by atoms with Gasteiger partial charge in [0.1, 0.15) is 11.0 Å². The summed E-state index contributed by atoms with van der Waals surface area (Å²) in [6.07, 6.45) is 3.30. The normalized spacial score (nSPS) is 18.5. The summed E-state index contributed by atoms with van der Waals surface area (Å²) in [6.45, 7) is 3.53. The number of aryl methyl sites for hydroxylation is 1. The van der Waals surface area contributed by atoms with E-state index in [0.29, 0.717) is 19.8 Å². The number of hydrogen-bond acceptors (Lipinski definition) is 5. The molecule has 2 aromatic rings. The van der Waals surface area contributed by atoms with Crippen LogP contribution in [0.3, 0.4) is 0 Å². The van der Waals surface area contributed by atoms with Crippen LogP contribution in [0, 0.1) is 6.92 Å². The topological polar surface area (TPSA) is 67.3 Å². The third kappa shape index (κ3) is 3.20. The number of rotatable bonds is 2. The van der Waals surface area contributed by atoms with Gasteiger partial charge in [-0.2, -0.15) is 0 Å². The van der Waals surface area contributed by atoms with Gasteiger partial charge < -0.3 is 15.0 Å². The zero-order valence-electron chi connectivity index (χ0n) is 11.7. The molecule has 1 fully saturated rings. The first-order valence-electron chi connectivity index (χ1n) is 6.71. The minimum Gasteiger partial charge on any atom is -0.377 e. The third-order valence-corrected chi connectivity index (χ3v) is 4.31. The number of nitrogens with zero attached hydrogens (tertiary/aromatic N) is 3. The van der Waals surface area contributed by atoms with Crippen molar-refractivity contribution in [2.75, 3.05) is 25.1 Å². The number of nitrogens with one attached hydrogen (secondary N) is 1. The molecule has 7 heteroatoms. The molecule has 21 heavy (non-hydrogen) atoms. The van der Waals surface area contributed by atoms with Crippen LogP contribution in [0.25, 0.3) is 0 Å². The van der Waals surface area contributed by atoms with Crippen LogP contribution in [-0.2, 0) is 4.74 Å². The standard InChI is InChI=1S/C14H16N4O2S/c1-10-9-21-13(16-10)12-8-20-7-6-18(12)14(19)17-11-2-4-15-5-3-11/h2-5,9,12H,6-8H2,1H3,(H,15,17,19)/t12-/m0/s1. The number of pyridine rings is 1. The maximum Gasteiger partial charge on any atom is 0.322 e. The molecule has 1 saturated heterocycles. The van der Waals surface area contributed by atoms with Gasteiger partial charge in [-0.15, -0.1) is 11.3 Å². The van der Waals surface area contributed by atoms with Gasteiger partial charge in [0.15, 0.2) is 0 Å². The molecule has 3 rings (SSSR count). The number of hydrogen-bond donors (Lipinski definition) is 1. The van der Waals surface area contributed by atoms with Crippen LogP contribution in [0.1, 0.15) is 16.7 Å². The highest BCUT2D eigenvalue weighted by Gasteiger charge is 2.30. The molecule has 0 saturated carbocycles. The molecule has 0 spiro atoms. The van der Waals surface area contributed by atoms with Crippen molar-refractivity contribution in [1.29, 1.82) is 0 Å². The van der Waals surface area contributed by atoms with Gasteiger partial charge in [-0.25, -0.2) is 9.78 Å². The van der Waals surface area contributed by atoms with Crippen molar-refractivity contribution in [3.8, 4) is 0 Å². The molecule has 3 heterocycles. The first-order chi connectivity index (χ1) is 10.2. The minimum atomic E-state index is -0.137. The molecule has 0 aliphatic carbocycles. The van der Waals surface area contributed by atoms with Crippen molar-refractivity contribution in [3.05, 3.63) is 40.6 Å². The van der Waals surface area contributed by atoms with Gasteiger partial charge in [-0.05, 0) is 19.1 Å². The number of aromatic nitrogens is 2. The van der Waals surface area contributed by atoms with Crippen molar-refractivity contribution >= 4 is 23.1 Å². The summed E-state index contributed by atoms with van der Waals surface area (Å²) < 4.78 is 5.51. The highest BCUT2D eigenvalue weighted by molar-refractivity contribution is 7.09. The van der Waals surface area contributed by atoms with E-state index in [1.807, 2.05) is 12.3 Å². The molecule has 1 atom stereocenters. The first-order valence-corrected chi connectivity index (χ1v) is 7.59. The zero-order valence-corrected chi connectivity index (χ0v) is 12.5. The molecule has 2 aromatic heterocycles. The predicted octanol–water partition coefficient (Wildman–Crippen LogP) is 2.45. The second-order valence-corrected chi connectivity index (χ2v) is 5.67. The molecular formula is C14H16N4O2S. The summed E-state index contributed by atoms with van der Waals surface area (Å²) >= 11 is 1.56. The summed E-state index contributed by atoms with van der Waals surface area (Å²) in [4.78, 5) is 22.7. The van der Waals surface area contributed by atoms with Crippen molar-refractivity contribution in [2.24, 2.45) is 0 Å². The summed E-state index contributed by atoms with van der Waals surface area (Å²) in [7, 11) is 0. The molecule has 0 radical (unpaired) electrons. The Balaban J connectivity index is 1.76. The Morgan fingerprint density at radius 3 is 3.00 bits per heavy atom. The lowest BCUT2D eigenvalue weighted by Crippen LogP contribution is -2.45. The van der Waals surface area contributed by atoms with Crippen LogP contribution < -0.4 is 5.32 Å². The molecule has 2 amide bonds. The molecular weight excluding hydrogens is 288 g/mol. The monoisotopic (exact) mass is 304 g/mol. The van der Waals surface area contributed by atoms with E-state index in [-0.39, 0.29) is 12.1 Å². The fourth-order valence-electron chi connectivity index (χ4n) is 2.21. The molecule has 1 aliphatic heterocycles. The van der Waals surface area contributed by atoms with E-state index in [2.05, 4.69) is 15.3 Å². The van der Waals surface area contributed by atoms with Crippen LogP contribution in [0.15, 0.2) is 29.9 Å². The van der Waals surface area contributed by atoms with E-state index in [9.17, 15) is 4.79 Å². The van der Waals surface area contributed by atoms with Gasteiger partial charge in [-0.1, -0.05) is 0 Å². The maximum absolute atomic E-state index is 12.5. The van der Waals surface area contributed by atoms with Gasteiger partial charge in [0, 0.05) is 35.7 Å². The Kier molecular flexibility index (Phi) is 4.12. The number of urea groups is 1. The lowest BCUT2D eigenvalue weighted by atomic mass is 10.2. The molecule has 1 N–H and O–H groups in total. The molecule has 1 aliphatic rings. The Hall–Kier alpha value is -1.99. The quantitative estimate of drug-likeness (QED) is 0.925. The van der Waals surface area contributed by atoms with Crippen molar-refractivity contribution < 1.29 is 9.53 Å². The van der Waals surface area contributed by atoms with E-state index in [1.54, 1.807) is 40.8 Å². The maximum atomic E-state index is 12.5. The number of morpholine rings is 1. The number of anilines is 1. The summed E-state index contributed by atoms with van der Waals surface area (Å²) in [5.41, 5.74) is 1.70. The van der Waals surface area contributed by atoms with Gasteiger partial charge in [0.2, 0.25) is 0 Å². The van der Waals surface area contributed by atoms with E-state index >= 15 is 0 Å². The van der Waals surface area contributed by atoms with Gasteiger partial charge >= 0.3 is 6.03 Å². The minimum absolute atomic E-state index is 0.126. The summed E-state index contributed by atoms with van der Waals surface area (Å²) in [5, 5.41) is 5.79. The molecule has 110 valence electrons. The molecule has 6 nitrogen and oxygen atoms in total. The highest BCUT2D eigenvalue weighted by Crippen LogP contribution is 2.27. The van der Waals surface area contributed by atoms with Crippen LogP contribution in [0.4, 0.5) is 10.5 Å². The average Bonchev–Trinajstić information content (AvgIpc) is 2.95. The molecule has 0 aromatic carbocycles. The SMILES string of the molecule is Cc1csc([C@@H]2COCCN2C(=O)Nc2ccncc2)n1. The van der Waals surface area contributed by atoms with Crippen LogP contribution in [-0.4, -0.2) is 40.7 Å². The molecule has 0 bridgehead atoms.